The van der Waals surface area contributed by atoms with Crippen molar-refractivity contribution >= 4 is 26.5 Å². The normalized spacial score (nSPS) is 11.6. The minimum absolute atomic E-state index is 0.107. The number of hydrogen-bond donors (Lipinski definition) is 1. The van der Waals surface area contributed by atoms with Crippen molar-refractivity contribution < 1.29 is 18.1 Å². The molecule has 0 heterocycles. The molecule has 0 aliphatic carbocycles. The van der Waals surface area contributed by atoms with Crippen molar-refractivity contribution in [2.75, 3.05) is 38.4 Å². The highest BCUT2D eigenvalue weighted by Crippen LogP contribution is 2.17. The summed E-state index contributed by atoms with van der Waals surface area (Å²) in [5.74, 6) is 0.970. The Morgan fingerprint density at radius 2 is 1.65 bits per heavy atom. The first-order chi connectivity index (χ1) is 9.64. The van der Waals surface area contributed by atoms with E-state index in [1.54, 1.807) is 11.8 Å². The number of thioether (sulfide) groups is 1. The Morgan fingerprint density at radius 1 is 1.10 bits per heavy atom. The van der Waals surface area contributed by atoms with Crippen molar-refractivity contribution in [2.24, 2.45) is 0 Å². The standard InChI is InChI=1S/C13H29NO4SSi/c1-5-16-20(17-6-2,18-7-3)12-8-10-14-13(15)9-11-19-4/h5-12H2,1-4H3,(H,14,15). The predicted octanol–water partition coefficient (Wildman–Crippen LogP) is 2.29. The zero-order valence-electron chi connectivity index (χ0n) is 13.2. The van der Waals surface area contributed by atoms with E-state index in [1.807, 2.05) is 27.0 Å². The Bertz CT molecular complexity index is 240. The van der Waals surface area contributed by atoms with Crippen molar-refractivity contribution in [2.45, 2.75) is 39.7 Å². The summed E-state index contributed by atoms with van der Waals surface area (Å²) in [6, 6.07) is 0.741. The highest BCUT2D eigenvalue weighted by Gasteiger charge is 2.39. The largest absolute Gasteiger partial charge is 0.500 e. The summed E-state index contributed by atoms with van der Waals surface area (Å²) < 4.78 is 17.3. The van der Waals surface area contributed by atoms with E-state index in [1.165, 1.54) is 0 Å². The molecule has 7 heteroatoms. The van der Waals surface area contributed by atoms with Crippen LogP contribution in [0.2, 0.25) is 6.04 Å². The summed E-state index contributed by atoms with van der Waals surface area (Å²) >= 11 is 1.68. The number of nitrogens with one attached hydrogen (secondary N) is 1. The molecule has 0 bridgehead atoms. The van der Waals surface area contributed by atoms with Gasteiger partial charge in [-0.2, -0.15) is 11.8 Å². The Labute approximate surface area is 128 Å². The third kappa shape index (κ3) is 8.96. The minimum Gasteiger partial charge on any atom is -0.374 e. The SMILES string of the molecule is CCO[Si](CCCNC(=O)CCSC)(OCC)OCC. The van der Waals surface area contributed by atoms with E-state index in [0.717, 1.165) is 18.2 Å². The molecule has 20 heavy (non-hydrogen) atoms. The second-order valence-corrected chi connectivity index (χ2v) is 7.90. The molecule has 120 valence electrons. The summed E-state index contributed by atoms with van der Waals surface area (Å²) in [4.78, 5) is 11.5. The highest BCUT2D eigenvalue weighted by atomic mass is 32.2. The molecule has 0 rings (SSSR count). The molecule has 0 aromatic rings. The first-order valence-electron chi connectivity index (χ1n) is 7.31. The maximum atomic E-state index is 11.5. The van der Waals surface area contributed by atoms with Gasteiger partial charge in [-0.05, 0) is 33.4 Å². The highest BCUT2D eigenvalue weighted by molar-refractivity contribution is 7.98. The van der Waals surface area contributed by atoms with Gasteiger partial charge in [-0.1, -0.05) is 0 Å². The molecule has 0 unspecified atom stereocenters. The fraction of sp³-hybridized carbons (Fsp3) is 0.923. The van der Waals surface area contributed by atoms with Crippen LogP contribution in [0.15, 0.2) is 0 Å². The number of carbonyl (C=O) groups excluding carboxylic acids is 1. The van der Waals surface area contributed by atoms with Gasteiger partial charge in [0.2, 0.25) is 5.91 Å². The first kappa shape index (κ1) is 19.9. The van der Waals surface area contributed by atoms with Crippen molar-refractivity contribution in [1.82, 2.24) is 5.32 Å². The van der Waals surface area contributed by atoms with Crippen LogP contribution in [0.4, 0.5) is 0 Å². The van der Waals surface area contributed by atoms with Crippen molar-refractivity contribution in [3.05, 3.63) is 0 Å². The van der Waals surface area contributed by atoms with Gasteiger partial charge in [0.05, 0.1) is 0 Å². The van der Waals surface area contributed by atoms with E-state index in [-0.39, 0.29) is 5.91 Å². The van der Waals surface area contributed by atoms with Crippen LogP contribution < -0.4 is 5.32 Å². The molecule has 0 aromatic heterocycles. The summed E-state index contributed by atoms with van der Waals surface area (Å²) in [7, 11) is -2.55. The molecule has 1 N–H and O–H groups in total. The smallest absolute Gasteiger partial charge is 0.374 e. The van der Waals surface area contributed by atoms with Crippen LogP contribution in [0.1, 0.15) is 33.6 Å². The Hall–Kier alpha value is -0.0831. The number of carbonyl (C=O) groups is 1. The van der Waals surface area contributed by atoms with Crippen LogP contribution in [0, 0.1) is 0 Å². The van der Waals surface area contributed by atoms with Gasteiger partial charge in [0.1, 0.15) is 0 Å². The van der Waals surface area contributed by atoms with Crippen LogP contribution in [-0.2, 0) is 18.1 Å². The van der Waals surface area contributed by atoms with Crippen molar-refractivity contribution in [3.63, 3.8) is 0 Å². The Balaban J connectivity index is 4.08. The lowest BCUT2D eigenvalue weighted by Crippen LogP contribution is -2.46. The molecule has 0 aromatic carbocycles. The van der Waals surface area contributed by atoms with E-state index < -0.39 is 8.80 Å². The summed E-state index contributed by atoms with van der Waals surface area (Å²) in [6.45, 7) is 8.26. The molecular formula is C13H29NO4SSi. The van der Waals surface area contributed by atoms with E-state index >= 15 is 0 Å². The molecule has 0 atom stereocenters. The van der Waals surface area contributed by atoms with Gasteiger partial charge in [0.15, 0.2) is 0 Å². The third-order valence-corrected chi connectivity index (χ3v) is 6.37. The maximum absolute atomic E-state index is 11.5. The van der Waals surface area contributed by atoms with Crippen molar-refractivity contribution in [1.29, 1.82) is 0 Å². The number of rotatable bonds is 13. The molecule has 0 aliphatic rings. The van der Waals surface area contributed by atoms with E-state index in [4.69, 9.17) is 13.3 Å². The number of amides is 1. The van der Waals surface area contributed by atoms with Crippen LogP contribution in [-0.4, -0.2) is 53.1 Å². The lowest BCUT2D eigenvalue weighted by atomic mass is 10.4. The molecular weight excluding hydrogens is 294 g/mol. The Kier molecular flexibility index (Phi) is 12.6. The predicted molar refractivity (Wildman–Crippen MR) is 86.1 cm³/mol. The molecule has 0 spiro atoms. The molecule has 0 saturated carbocycles. The lowest BCUT2D eigenvalue weighted by Gasteiger charge is -2.28. The fourth-order valence-corrected chi connectivity index (χ4v) is 4.82. The maximum Gasteiger partial charge on any atom is 0.500 e. The van der Waals surface area contributed by atoms with E-state index in [9.17, 15) is 4.79 Å². The minimum atomic E-state index is -2.55. The third-order valence-electron chi connectivity index (χ3n) is 2.61. The second kappa shape index (κ2) is 12.6. The number of hydrogen-bond acceptors (Lipinski definition) is 5. The zero-order valence-corrected chi connectivity index (χ0v) is 15.0. The molecule has 0 radical (unpaired) electrons. The lowest BCUT2D eigenvalue weighted by molar-refractivity contribution is -0.120. The van der Waals surface area contributed by atoms with E-state index in [2.05, 4.69) is 5.32 Å². The van der Waals surface area contributed by atoms with Gasteiger partial charge in [0.25, 0.3) is 0 Å². The van der Waals surface area contributed by atoms with Crippen molar-refractivity contribution in [3.8, 4) is 0 Å². The van der Waals surface area contributed by atoms with Gasteiger partial charge >= 0.3 is 8.80 Å². The average Bonchev–Trinajstić information content (AvgIpc) is 2.42. The van der Waals surface area contributed by atoms with Crippen LogP contribution in [0.3, 0.4) is 0 Å². The Morgan fingerprint density at radius 3 is 2.10 bits per heavy atom. The fourth-order valence-electron chi connectivity index (χ4n) is 1.82. The van der Waals surface area contributed by atoms with Gasteiger partial charge < -0.3 is 18.6 Å². The summed E-state index contributed by atoms with van der Waals surface area (Å²) in [5, 5.41) is 2.92. The van der Waals surface area contributed by atoms with E-state index in [0.29, 0.717) is 32.8 Å². The molecule has 0 fully saturated rings. The zero-order chi connectivity index (χ0) is 15.3. The topological polar surface area (TPSA) is 56.8 Å². The quantitative estimate of drug-likeness (QED) is 0.416. The van der Waals surface area contributed by atoms with Crippen LogP contribution >= 0.6 is 11.8 Å². The van der Waals surface area contributed by atoms with Gasteiger partial charge in [0, 0.05) is 44.6 Å². The van der Waals surface area contributed by atoms with Gasteiger partial charge in [-0.3, -0.25) is 4.79 Å². The first-order valence-corrected chi connectivity index (χ1v) is 10.6. The van der Waals surface area contributed by atoms with Crippen LogP contribution in [0.5, 0.6) is 0 Å². The average molecular weight is 324 g/mol. The van der Waals surface area contributed by atoms with Gasteiger partial charge in [-0.25, -0.2) is 0 Å². The van der Waals surface area contributed by atoms with Crippen LogP contribution in [0.25, 0.3) is 0 Å². The summed E-state index contributed by atoms with van der Waals surface area (Å²) in [5.41, 5.74) is 0. The summed E-state index contributed by atoms with van der Waals surface area (Å²) in [6.07, 6.45) is 3.39. The van der Waals surface area contributed by atoms with Gasteiger partial charge in [-0.15, -0.1) is 0 Å². The second-order valence-electron chi connectivity index (χ2n) is 4.18. The molecule has 1 amide bonds. The molecule has 0 saturated heterocycles. The monoisotopic (exact) mass is 323 g/mol. The molecule has 5 nitrogen and oxygen atoms in total. The molecule has 0 aliphatic heterocycles.